The van der Waals surface area contributed by atoms with E-state index in [9.17, 15) is 8.42 Å². The fourth-order valence-electron chi connectivity index (χ4n) is 1.62. The smallest absolute Gasteiger partial charge is 0.279 e. The van der Waals surface area contributed by atoms with Gasteiger partial charge in [0.25, 0.3) is 10.2 Å². The van der Waals surface area contributed by atoms with Gasteiger partial charge in [-0.1, -0.05) is 6.92 Å². The molecule has 0 amide bonds. The third-order valence-corrected chi connectivity index (χ3v) is 4.04. The topological polar surface area (TPSA) is 69.6 Å². The lowest BCUT2D eigenvalue weighted by Gasteiger charge is -2.22. The van der Waals surface area contributed by atoms with Crippen LogP contribution in [0.5, 0.6) is 0 Å². The molecule has 0 spiro atoms. The van der Waals surface area contributed by atoms with E-state index >= 15 is 0 Å². The normalized spacial score (nSPS) is 24.3. The number of nitrogens with one attached hydrogen (secondary N) is 1. The second-order valence-corrected chi connectivity index (χ2v) is 5.20. The standard InChI is InChI=1S/C8H18N2O3S/c1-2-5-9-14(12,13)10-6-3-4-8(10)7-11/h8-9,11H,2-7H2,1H3/t8-/m0/s1. The molecule has 0 bridgehead atoms. The van der Waals surface area contributed by atoms with Gasteiger partial charge in [0.15, 0.2) is 0 Å². The third-order valence-electron chi connectivity index (χ3n) is 2.38. The van der Waals surface area contributed by atoms with E-state index in [0.717, 1.165) is 19.3 Å². The molecule has 0 unspecified atom stereocenters. The van der Waals surface area contributed by atoms with Gasteiger partial charge < -0.3 is 5.11 Å². The molecule has 1 aliphatic rings. The van der Waals surface area contributed by atoms with Crippen molar-refractivity contribution in [3.05, 3.63) is 0 Å². The fraction of sp³-hybridized carbons (Fsp3) is 1.00. The van der Waals surface area contributed by atoms with Crippen molar-refractivity contribution in [2.24, 2.45) is 0 Å². The molecule has 1 saturated heterocycles. The van der Waals surface area contributed by atoms with E-state index in [4.69, 9.17) is 5.11 Å². The molecular weight excluding hydrogens is 204 g/mol. The van der Waals surface area contributed by atoms with Crippen molar-refractivity contribution in [3.8, 4) is 0 Å². The maximum absolute atomic E-state index is 11.7. The first kappa shape index (κ1) is 11.9. The SMILES string of the molecule is CCCNS(=O)(=O)N1CCC[C@H]1CO. The Kier molecular flexibility index (Phi) is 4.31. The summed E-state index contributed by atoms with van der Waals surface area (Å²) in [6.45, 7) is 2.80. The van der Waals surface area contributed by atoms with E-state index in [1.165, 1.54) is 4.31 Å². The Bertz CT molecular complexity index is 266. The molecule has 0 aromatic carbocycles. The molecule has 1 rings (SSSR count). The summed E-state index contributed by atoms with van der Waals surface area (Å²) in [7, 11) is -3.36. The molecule has 6 heteroatoms. The van der Waals surface area contributed by atoms with E-state index in [0.29, 0.717) is 13.1 Å². The first-order valence-electron chi connectivity index (χ1n) is 4.99. The van der Waals surface area contributed by atoms with Gasteiger partial charge in [-0.3, -0.25) is 0 Å². The molecule has 0 aliphatic carbocycles. The lowest BCUT2D eigenvalue weighted by atomic mass is 10.2. The zero-order valence-electron chi connectivity index (χ0n) is 8.44. The van der Waals surface area contributed by atoms with Gasteiger partial charge in [0.2, 0.25) is 0 Å². The minimum absolute atomic E-state index is 0.0902. The zero-order chi connectivity index (χ0) is 10.6. The van der Waals surface area contributed by atoms with Crippen LogP contribution in [0, 0.1) is 0 Å². The summed E-state index contributed by atoms with van der Waals surface area (Å²) < 4.78 is 27.2. The highest BCUT2D eigenvalue weighted by atomic mass is 32.2. The summed E-state index contributed by atoms with van der Waals surface area (Å²) >= 11 is 0. The number of aliphatic hydroxyl groups is 1. The Morgan fingerprint density at radius 1 is 1.57 bits per heavy atom. The van der Waals surface area contributed by atoms with Gasteiger partial charge in [-0.05, 0) is 19.3 Å². The quantitative estimate of drug-likeness (QED) is 0.670. The first-order chi connectivity index (χ1) is 6.61. The van der Waals surface area contributed by atoms with Crippen molar-refractivity contribution in [1.82, 2.24) is 9.03 Å². The maximum atomic E-state index is 11.7. The van der Waals surface area contributed by atoms with Crippen LogP contribution < -0.4 is 4.72 Å². The first-order valence-corrected chi connectivity index (χ1v) is 6.43. The summed E-state index contributed by atoms with van der Waals surface area (Å²) in [5.41, 5.74) is 0. The summed E-state index contributed by atoms with van der Waals surface area (Å²) in [5.74, 6) is 0. The van der Waals surface area contributed by atoms with Crippen molar-refractivity contribution < 1.29 is 13.5 Å². The maximum Gasteiger partial charge on any atom is 0.279 e. The zero-order valence-corrected chi connectivity index (χ0v) is 9.26. The molecule has 1 atom stereocenters. The van der Waals surface area contributed by atoms with E-state index in [1.807, 2.05) is 6.92 Å². The van der Waals surface area contributed by atoms with E-state index in [1.54, 1.807) is 0 Å². The Morgan fingerprint density at radius 2 is 2.29 bits per heavy atom. The summed E-state index contributed by atoms with van der Waals surface area (Å²) in [5, 5.41) is 8.99. The molecule has 0 aromatic heterocycles. The molecule has 0 aromatic rings. The van der Waals surface area contributed by atoms with Crippen molar-refractivity contribution in [2.45, 2.75) is 32.2 Å². The van der Waals surface area contributed by atoms with E-state index in [2.05, 4.69) is 4.72 Å². The Morgan fingerprint density at radius 3 is 2.86 bits per heavy atom. The molecule has 14 heavy (non-hydrogen) atoms. The van der Waals surface area contributed by atoms with E-state index in [-0.39, 0.29) is 12.6 Å². The second-order valence-electron chi connectivity index (χ2n) is 3.49. The number of hydrogen-bond donors (Lipinski definition) is 2. The van der Waals surface area contributed by atoms with Crippen LogP contribution in [0.15, 0.2) is 0 Å². The molecule has 5 nitrogen and oxygen atoms in total. The van der Waals surface area contributed by atoms with Crippen LogP contribution in [0.2, 0.25) is 0 Å². The predicted octanol–water partition coefficient (Wildman–Crippen LogP) is -0.313. The lowest BCUT2D eigenvalue weighted by Crippen LogP contribution is -2.44. The molecule has 2 N–H and O–H groups in total. The molecule has 1 aliphatic heterocycles. The Labute approximate surface area is 85.3 Å². The number of nitrogens with zero attached hydrogens (tertiary/aromatic N) is 1. The van der Waals surface area contributed by atoms with Gasteiger partial charge in [-0.25, -0.2) is 4.72 Å². The van der Waals surface area contributed by atoms with Crippen LogP contribution in [0.1, 0.15) is 26.2 Å². The molecule has 1 heterocycles. The van der Waals surface area contributed by atoms with Gasteiger partial charge in [-0.15, -0.1) is 0 Å². The average Bonchev–Trinajstić information content (AvgIpc) is 2.63. The highest BCUT2D eigenvalue weighted by Gasteiger charge is 2.32. The van der Waals surface area contributed by atoms with Gasteiger partial charge in [0, 0.05) is 19.1 Å². The predicted molar refractivity (Wildman–Crippen MR) is 54.0 cm³/mol. The molecule has 84 valence electrons. The van der Waals surface area contributed by atoms with Gasteiger partial charge in [0.05, 0.1) is 6.61 Å². The molecular formula is C8H18N2O3S. The van der Waals surface area contributed by atoms with Crippen LogP contribution in [-0.4, -0.2) is 43.6 Å². The Hall–Kier alpha value is -0.170. The number of hydrogen-bond acceptors (Lipinski definition) is 3. The molecule has 0 saturated carbocycles. The van der Waals surface area contributed by atoms with Crippen LogP contribution in [0.4, 0.5) is 0 Å². The third kappa shape index (κ3) is 2.66. The summed E-state index contributed by atoms with van der Waals surface area (Å²) in [6, 6.07) is -0.232. The average molecular weight is 222 g/mol. The van der Waals surface area contributed by atoms with Crippen LogP contribution in [0.3, 0.4) is 0 Å². The summed E-state index contributed by atoms with van der Waals surface area (Å²) in [6.07, 6.45) is 2.36. The fourth-order valence-corrected chi connectivity index (χ4v) is 3.18. The van der Waals surface area contributed by atoms with E-state index < -0.39 is 10.2 Å². The van der Waals surface area contributed by atoms with Crippen molar-refractivity contribution in [3.63, 3.8) is 0 Å². The van der Waals surface area contributed by atoms with Gasteiger partial charge in [-0.2, -0.15) is 12.7 Å². The Balaban J connectivity index is 2.61. The second kappa shape index (κ2) is 5.06. The molecule has 1 fully saturated rings. The van der Waals surface area contributed by atoms with Gasteiger partial charge in [0.1, 0.15) is 0 Å². The lowest BCUT2D eigenvalue weighted by molar-refractivity contribution is 0.212. The minimum Gasteiger partial charge on any atom is -0.395 e. The number of rotatable bonds is 5. The number of aliphatic hydroxyl groups excluding tert-OH is 1. The van der Waals surface area contributed by atoms with Crippen LogP contribution in [-0.2, 0) is 10.2 Å². The van der Waals surface area contributed by atoms with Crippen LogP contribution in [0.25, 0.3) is 0 Å². The van der Waals surface area contributed by atoms with Crippen molar-refractivity contribution in [1.29, 1.82) is 0 Å². The highest BCUT2D eigenvalue weighted by Crippen LogP contribution is 2.19. The monoisotopic (exact) mass is 222 g/mol. The van der Waals surface area contributed by atoms with Crippen molar-refractivity contribution >= 4 is 10.2 Å². The van der Waals surface area contributed by atoms with Crippen LogP contribution >= 0.6 is 0 Å². The van der Waals surface area contributed by atoms with Gasteiger partial charge >= 0.3 is 0 Å². The molecule has 0 radical (unpaired) electrons. The minimum atomic E-state index is -3.36. The highest BCUT2D eigenvalue weighted by molar-refractivity contribution is 7.87. The van der Waals surface area contributed by atoms with Crippen molar-refractivity contribution in [2.75, 3.05) is 19.7 Å². The summed E-state index contributed by atoms with van der Waals surface area (Å²) in [4.78, 5) is 0. The largest absolute Gasteiger partial charge is 0.395 e.